The molecule has 1 aromatic rings. The first-order valence-corrected chi connectivity index (χ1v) is 6.54. The van der Waals surface area contributed by atoms with Gasteiger partial charge in [-0.3, -0.25) is 0 Å². The van der Waals surface area contributed by atoms with Crippen molar-refractivity contribution in [2.24, 2.45) is 0 Å². The van der Waals surface area contributed by atoms with Gasteiger partial charge in [-0.2, -0.15) is 0 Å². The lowest BCUT2D eigenvalue weighted by molar-refractivity contribution is 0.0633. The van der Waals surface area contributed by atoms with Gasteiger partial charge in [0, 0.05) is 18.2 Å². The molecule has 0 spiro atoms. The van der Waals surface area contributed by atoms with Gasteiger partial charge in [0.25, 0.3) is 0 Å². The van der Waals surface area contributed by atoms with Crippen LogP contribution in [0.4, 0.5) is 0 Å². The van der Waals surface area contributed by atoms with Crippen LogP contribution in [0.1, 0.15) is 25.3 Å². The Morgan fingerprint density at radius 2 is 2.06 bits per heavy atom. The summed E-state index contributed by atoms with van der Waals surface area (Å²) < 4.78 is 5.55. The van der Waals surface area contributed by atoms with Gasteiger partial charge in [-0.15, -0.1) is 0 Å². The third-order valence-corrected chi connectivity index (χ3v) is 3.46. The monoisotopic (exact) mass is 255 g/mol. The van der Waals surface area contributed by atoms with Crippen LogP contribution in [0.25, 0.3) is 0 Å². The molecule has 0 bridgehead atoms. The lowest BCUT2D eigenvalue weighted by Crippen LogP contribution is -2.40. The average molecular weight is 256 g/mol. The smallest absolute Gasteiger partial charge is 0.0727 e. The van der Waals surface area contributed by atoms with Crippen LogP contribution in [0.5, 0.6) is 0 Å². The molecule has 0 aliphatic rings. The standard InChI is InChI=1S/C14H22ClNO/c1-4-7-14(17-3)13(16-2)10-11-8-5-6-9-12(11)15/h5-6,8-9,13-14,16H,4,7,10H2,1-3H3. The summed E-state index contributed by atoms with van der Waals surface area (Å²) >= 11 is 6.18. The van der Waals surface area contributed by atoms with E-state index in [0.717, 1.165) is 24.3 Å². The summed E-state index contributed by atoms with van der Waals surface area (Å²) in [5.74, 6) is 0. The lowest BCUT2D eigenvalue weighted by atomic mass is 9.98. The van der Waals surface area contributed by atoms with Crippen molar-refractivity contribution in [2.45, 2.75) is 38.3 Å². The molecule has 0 aliphatic carbocycles. The zero-order valence-electron chi connectivity index (χ0n) is 10.9. The molecule has 0 aliphatic heterocycles. The Morgan fingerprint density at radius 1 is 1.35 bits per heavy atom. The molecule has 0 saturated carbocycles. The van der Waals surface area contributed by atoms with Crippen molar-refractivity contribution in [3.05, 3.63) is 34.9 Å². The van der Waals surface area contributed by atoms with Crippen LogP contribution in [0.2, 0.25) is 5.02 Å². The summed E-state index contributed by atoms with van der Waals surface area (Å²) in [6.07, 6.45) is 3.32. The molecule has 0 fully saturated rings. The van der Waals surface area contributed by atoms with E-state index in [9.17, 15) is 0 Å². The zero-order chi connectivity index (χ0) is 12.7. The fraction of sp³-hybridized carbons (Fsp3) is 0.571. The highest BCUT2D eigenvalue weighted by Crippen LogP contribution is 2.19. The van der Waals surface area contributed by atoms with Crippen molar-refractivity contribution < 1.29 is 4.74 Å². The number of hydrogen-bond acceptors (Lipinski definition) is 2. The number of ether oxygens (including phenoxy) is 1. The SMILES string of the molecule is CCCC(OC)C(Cc1ccccc1Cl)NC. The Kier molecular flexibility index (Phi) is 6.56. The Hall–Kier alpha value is -0.570. The van der Waals surface area contributed by atoms with Crippen molar-refractivity contribution in [3.8, 4) is 0 Å². The van der Waals surface area contributed by atoms with Crippen molar-refractivity contribution in [3.63, 3.8) is 0 Å². The molecule has 96 valence electrons. The predicted octanol–water partition coefficient (Wildman–Crippen LogP) is 3.29. The first kappa shape index (κ1) is 14.5. The van der Waals surface area contributed by atoms with Gasteiger partial charge in [0.2, 0.25) is 0 Å². The van der Waals surface area contributed by atoms with Gasteiger partial charge >= 0.3 is 0 Å². The molecule has 0 aromatic heterocycles. The van der Waals surface area contributed by atoms with Crippen LogP contribution in [0.15, 0.2) is 24.3 Å². The second-order valence-corrected chi connectivity index (χ2v) is 4.66. The van der Waals surface area contributed by atoms with Gasteiger partial charge in [0.15, 0.2) is 0 Å². The number of halogens is 1. The fourth-order valence-electron chi connectivity index (χ4n) is 2.09. The van der Waals surface area contributed by atoms with Crippen LogP contribution in [-0.4, -0.2) is 26.3 Å². The predicted molar refractivity (Wildman–Crippen MR) is 73.7 cm³/mol. The van der Waals surface area contributed by atoms with Gasteiger partial charge in [0.05, 0.1) is 6.10 Å². The molecule has 2 atom stereocenters. The highest BCUT2D eigenvalue weighted by molar-refractivity contribution is 6.31. The number of nitrogens with one attached hydrogen (secondary N) is 1. The van der Waals surface area contributed by atoms with Crippen molar-refractivity contribution >= 4 is 11.6 Å². The summed E-state index contributed by atoms with van der Waals surface area (Å²) in [4.78, 5) is 0. The topological polar surface area (TPSA) is 21.3 Å². The molecule has 1 N–H and O–H groups in total. The van der Waals surface area contributed by atoms with Gasteiger partial charge in [-0.1, -0.05) is 43.1 Å². The normalized spacial score (nSPS) is 14.6. The third kappa shape index (κ3) is 4.30. The first-order chi connectivity index (χ1) is 8.22. The molecule has 0 heterocycles. The largest absolute Gasteiger partial charge is 0.380 e. The molecule has 3 heteroatoms. The molecule has 1 aromatic carbocycles. The third-order valence-electron chi connectivity index (χ3n) is 3.09. The molecular formula is C14H22ClNO. The second kappa shape index (κ2) is 7.70. The summed E-state index contributed by atoms with van der Waals surface area (Å²) in [7, 11) is 3.75. The van der Waals surface area contributed by atoms with Crippen molar-refractivity contribution in [1.29, 1.82) is 0 Å². The molecular weight excluding hydrogens is 234 g/mol. The van der Waals surface area contributed by atoms with E-state index < -0.39 is 0 Å². The quantitative estimate of drug-likeness (QED) is 0.807. The van der Waals surface area contributed by atoms with Crippen LogP contribution in [0, 0.1) is 0 Å². The minimum absolute atomic E-state index is 0.237. The van der Waals surface area contributed by atoms with Crippen LogP contribution in [-0.2, 0) is 11.2 Å². The van der Waals surface area contributed by atoms with E-state index in [1.165, 1.54) is 5.56 Å². The number of rotatable bonds is 7. The number of hydrogen-bond donors (Lipinski definition) is 1. The Morgan fingerprint density at radius 3 is 2.59 bits per heavy atom. The van der Waals surface area contributed by atoms with E-state index in [-0.39, 0.29) is 6.10 Å². The first-order valence-electron chi connectivity index (χ1n) is 6.16. The van der Waals surface area contributed by atoms with E-state index >= 15 is 0 Å². The highest BCUT2D eigenvalue weighted by Gasteiger charge is 2.19. The van der Waals surface area contributed by atoms with Crippen LogP contribution < -0.4 is 5.32 Å². The lowest BCUT2D eigenvalue weighted by Gasteiger charge is -2.26. The summed E-state index contributed by atoms with van der Waals surface area (Å²) in [6.45, 7) is 2.17. The van der Waals surface area contributed by atoms with E-state index in [1.807, 2.05) is 25.2 Å². The van der Waals surface area contributed by atoms with E-state index in [1.54, 1.807) is 7.11 Å². The van der Waals surface area contributed by atoms with Crippen molar-refractivity contribution in [1.82, 2.24) is 5.32 Å². The zero-order valence-corrected chi connectivity index (χ0v) is 11.6. The molecule has 0 saturated heterocycles. The summed E-state index contributed by atoms with van der Waals surface area (Å²) in [5.41, 5.74) is 1.17. The molecule has 17 heavy (non-hydrogen) atoms. The average Bonchev–Trinajstić information content (AvgIpc) is 2.35. The van der Waals surface area contributed by atoms with E-state index in [2.05, 4.69) is 18.3 Å². The van der Waals surface area contributed by atoms with Gasteiger partial charge in [0.1, 0.15) is 0 Å². The molecule has 2 nitrogen and oxygen atoms in total. The minimum Gasteiger partial charge on any atom is -0.380 e. The Labute approximate surface area is 109 Å². The van der Waals surface area contributed by atoms with Crippen LogP contribution >= 0.6 is 11.6 Å². The van der Waals surface area contributed by atoms with Crippen molar-refractivity contribution in [2.75, 3.05) is 14.2 Å². The summed E-state index contributed by atoms with van der Waals surface area (Å²) in [5, 5.41) is 4.16. The van der Waals surface area contributed by atoms with Crippen LogP contribution in [0.3, 0.4) is 0 Å². The molecule has 2 unspecified atom stereocenters. The maximum atomic E-state index is 6.18. The summed E-state index contributed by atoms with van der Waals surface area (Å²) in [6, 6.07) is 8.30. The minimum atomic E-state index is 0.237. The maximum absolute atomic E-state index is 6.18. The second-order valence-electron chi connectivity index (χ2n) is 4.25. The van der Waals surface area contributed by atoms with E-state index in [4.69, 9.17) is 16.3 Å². The van der Waals surface area contributed by atoms with Gasteiger partial charge in [-0.05, 0) is 31.5 Å². The maximum Gasteiger partial charge on any atom is 0.0727 e. The fourth-order valence-corrected chi connectivity index (χ4v) is 2.30. The van der Waals surface area contributed by atoms with E-state index in [0.29, 0.717) is 6.04 Å². The Balaban J connectivity index is 2.72. The Bertz CT molecular complexity index is 330. The molecule has 0 radical (unpaired) electrons. The highest BCUT2D eigenvalue weighted by atomic mass is 35.5. The molecule has 1 rings (SSSR count). The number of methoxy groups -OCH3 is 1. The van der Waals surface area contributed by atoms with Gasteiger partial charge in [-0.25, -0.2) is 0 Å². The number of likely N-dealkylation sites (N-methyl/N-ethyl adjacent to an activating group) is 1. The van der Waals surface area contributed by atoms with Gasteiger partial charge < -0.3 is 10.1 Å². The number of benzene rings is 1. The molecule has 0 amide bonds.